The fourth-order valence-electron chi connectivity index (χ4n) is 1.11. The maximum atomic E-state index is 11.0. The Balaban J connectivity index is 2.79. The highest BCUT2D eigenvalue weighted by atomic mass is 32.2. The van der Waals surface area contributed by atoms with E-state index < -0.39 is 0 Å². The molecule has 0 aliphatic carbocycles. The van der Waals surface area contributed by atoms with Gasteiger partial charge in [-0.2, -0.15) is 0 Å². The highest BCUT2D eigenvalue weighted by Gasteiger charge is 2.11. The summed E-state index contributed by atoms with van der Waals surface area (Å²) in [6, 6.07) is 7.78. The molecule has 0 unspecified atom stereocenters. The van der Waals surface area contributed by atoms with E-state index in [-0.39, 0.29) is 10.5 Å². The van der Waals surface area contributed by atoms with E-state index in [1.807, 2.05) is 36.0 Å². The van der Waals surface area contributed by atoms with Crippen molar-refractivity contribution in [2.45, 2.75) is 37.3 Å². The second-order valence-electron chi connectivity index (χ2n) is 4.29. The summed E-state index contributed by atoms with van der Waals surface area (Å²) in [7, 11) is 0. The summed E-state index contributed by atoms with van der Waals surface area (Å²) in [5, 5.41) is 0. The molecule has 0 radical (unpaired) electrons. The van der Waals surface area contributed by atoms with Crippen LogP contribution in [-0.2, 0) is 0 Å². The lowest BCUT2D eigenvalue weighted by molar-refractivity contribution is 0.101. The van der Waals surface area contributed by atoms with Crippen molar-refractivity contribution in [1.29, 1.82) is 0 Å². The van der Waals surface area contributed by atoms with Gasteiger partial charge in [-0.05, 0) is 19.1 Å². The molecule has 1 aromatic rings. The van der Waals surface area contributed by atoms with Gasteiger partial charge in [0.1, 0.15) is 0 Å². The number of hydrogen-bond donors (Lipinski definition) is 0. The van der Waals surface area contributed by atoms with Gasteiger partial charge in [0.15, 0.2) is 5.78 Å². The van der Waals surface area contributed by atoms with Crippen molar-refractivity contribution in [2.24, 2.45) is 0 Å². The van der Waals surface area contributed by atoms with Gasteiger partial charge < -0.3 is 0 Å². The molecule has 0 aliphatic rings. The zero-order valence-electron chi connectivity index (χ0n) is 9.13. The lowest BCUT2D eigenvalue weighted by Gasteiger charge is -2.17. The normalized spacial score (nSPS) is 11.4. The van der Waals surface area contributed by atoms with E-state index in [0.717, 1.165) is 5.56 Å². The standard InChI is InChI=1S/C12H16OS/c1-9(13)10-5-7-11(8-6-10)14-12(2,3)4/h5-8H,1-4H3. The number of benzene rings is 1. The van der Waals surface area contributed by atoms with Crippen LogP contribution in [0.25, 0.3) is 0 Å². The van der Waals surface area contributed by atoms with Crippen molar-refractivity contribution in [3.63, 3.8) is 0 Å². The minimum absolute atomic E-state index is 0.123. The molecular weight excluding hydrogens is 192 g/mol. The summed E-state index contributed by atoms with van der Waals surface area (Å²) in [5.74, 6) is 0.123. The van der Waals surface area contributed by atoms with Crippen LogP contribution in [0.5, 0.6) is 0 Å². The van der Waals surface area contributed by atoms with Crippen LogP contribution in [0.1, 0.15) is 38.1 Å². The number of carbonyl (C=O) groups is 1. The molecule has 0 atom stereocenters. The van der Waals surface area contributed by atoms with E-state index in [9.17, 15) is 4.79 Å². The van der Waals surface area contributed by atoms with Crippen LogP contribution in [0.15, 0.2) is 29.2 Å². The first kappa shape index (κ1) is 11.3. The SMILES string of the molecule is CC(=O)c1ccc(SC(C)(C)C)cc1. The highest BCUT2D eigenvalue weighted by Crippen LogP contribution is 2.31. The number of carbonyl (C=O) groups excluding carboxylic acids is 1. The van der Waals surface area contributed by atoms with Crippen LogP contribution in [0.3, 0.4) is 0 Å². The second-order valence-corrected chi connectivity index (χ2v) is 6.20. The monoisotopic (exact) mass is 208 g/mol. The number of thioether (sulfide) groups is 1. The van der Waals surface area contributed by atoms with Gasteiger partial charge in [0.2, 0.25) is 0 Å². The molecule has 0 aliphatic heterocycles. The van der Waals surface area contributed by atoms with E-state index in [4.69, 9.17) is 0 Å². The van der Waals surface area contributed by atoms with E-state index in [1.54, 1.807) is 6.92 Å². The predicted molar refractivity (Wildman–Crippen MR) is 62.1 cm³/mol. The van der Waals surface area contributed by atoms with Gasteiger partial charge in [-0.25, -0.2) is 0 Å². The van der Waals surface area contributed by atoms with Crippen LogP contribution < -0.4 is 0 Å². The van der Waals surface area contributed by atoms with Crippen LogP contribution in [0, 0.1) is 0 Å². The van der Waals surface area contributed by atoms with E-state index in [1.165, 1.54) is 4.90 Å². The molecule has 0 bridgehead atoms. The smallest absolute Gasteiger partial charge is 0.159 e. The Morgan fingerprint density at radius 1 is 1.14 bits per heavy atom. The van der Waals surface area contributed by atoms with Gasteiger partial charge in [0, 0.05) is 15.2 Å². The molecule has 0 aromatic heterocycles. The first-order valence-corrected chi connectivity index (χ1v) is 5.50. The Kier molecular flexibility index (Phi) is 3.38. The molecule has 0 spiro atoms. The maximum Gasteiger partial charge on any atom is 0.159 e. The minimum Gasteiger partial charge on any atom is -0.295 e. The van der Waals surface area contributed by atoms with Crippen LogP contribution in [-0.4, -0.2) is 10.5 Å². The van der Waals surface area contributed by atoms with Gasteiger partial charge in [-0.1, -0.05) is 32.9 Å². The first-order chi connectivity index (χ1) is 6.38. The molecular formula is C12H16OS. The third-order valence-corrected chi connectivity index (χ3v) is 2.81. The molecule has 1 aromatic carbocycles. The maximum absolute atomic E-state index is 11.0. The van der Waals surface area contributed by atoms with Crippen molar-refractivity contribution >= 4 is 17.5 Å². The summed E-state index contributed by atoms with van der Waals surface area (Å²) in [6.07, 6.45) is 0. The van der Waals surface area contributed by atoms with Crippen LogP contribution in [0.2, 0.25) is 0 Å². The van der Waals surface area contributed by atoms with Crippen molar-refractivity contribution in [3.8, 4) is 0 Å². The van der Waals surface area contributed by atoms with Crippen LogP contribution in [0.4, 0.5) is 0 Å². The lowest BCUT2D eigenvalue weighted by atomic mass is 10.2. The number of hydrogen-bond acceptors (Lipinski definition) is 2. The number of rotatable bonds is 2. The zero-order valence-corrected chi connectivity index (χ0v) is 9.94. The molecule has 76 valence electrons. The molecule has 2 heteroatoms. The summed E-state index contributed by atoms with van der Waals surface area (Å²) in [5.41, 5.74) is 0.781. The highest BCUT2D eigenvalue weighted by molar-refractivity contribution is 8.00. The predicted octanol–water partition coefficient (Wildman–Crippen LogP) is 3.78. The second kappa shape index (κ2) is 4.18. The van der Waals surface area contributed by atoms with Gasteiger partial charge >= 0.3 is 0 Å². The molecule has 1 rings (SSSR count). The largest absolute Gasteiger partial charge is 0.295 e. The molecule has 14 heavy (non-hydrogen) atoms. The molecule has 0 fully saturated rings. The summed E-state index contributed by atoms with van der Waals surface area (Å²) in [6.45, 7) is 8.12. The summed E-state index contributed by atoms with van der Waals surface area (Å²) >= 11 is 1.81. The average Bonchev–Trinajstić information content (AvgIpc) is 2.02. The molecule has 0 saturated carbocycles. The third kappa shape index (κ3) is 3.54. The van der Waals surface area contributed by atoms with Gasteiger partial charge in [-0.15, -0.1) is 11.8 Å². The fraction of sp³-hybridized carbons (Fsp3) is 0.417. The molecule has 0 amide bonds. The summed E-state index contributed by atoms with van der Waals surface area (Å²) in [4.78, 5) is 12.2. The van der Waals surface area contributed by atoms with Gasteiger partial charge in [0.25, 0.3) is 0 Å². The molecule has 0 N–H and O–H groups in total. The fourth-order valence-corrected chi connectivity index (χ4v) is 2.09. The Morgan fingerprint density at radius 2 is 1.64 bits per heavy atom. The van der Waals surface area contributed by atoms with Gasteiger partial charge in [-0.3, -0.25) is 4.79 Å². The quantitative estimate of drug-likeness (QED) is 0.543. The number of Topliss-reactive ketones (excluding diaryl/α,β-unsaturated/α-hetero) is 1. The average molecular weight is 208 g/mol. The van der Waals surface area contributed by atoms with E-state index in [0.29, 0.717) is 0 Å². The van der Waals surface area contributed by atoms with E-state index in [2.05, 4.69) is 20.8 Å². The van der Waals surface area contributed by atoms with E-state index >= 15 is 0 Å². The summed E-state index contributed by atoms with van der Waals surface area (Å²) < 4.78 is 0.220. The van der Waals surface area contributed by atoms with Crippen molar-refractivity contribution in [3.05, 3.63) is 29.8 Å². The van der Waals surface area contributed by atoms with Crippen molar-refractivity contribution in [1.82, 2.24) is 0 Å². The zero-order chi connectivity index (χ0) is 10.8. The topological polar surface area (TPSA) is 17.1 Å². The third-order valence-electron chi connectivity index (χ3n) is 1.68. The number of ketones is 1. The minimum atomic E-state index is 0.123. The Hall–Kier alpha value is -0.760. The van der Waals surface area contributed by atoms with Crippen molar-refractivity contribution < 1.29 is 4.79 Å². The molecule has 1 nitrogen and oxygen atoms in total. The first-order valence-electron chi connectivity index (χ1n) is 4.68. The van der Waals surface area contributed by atoms with Crippen LogP contribution >= 0.6 is 11.8 Å². The molecule has 0 saturated heterocycles. The van der Waals surface area contributed by atoms with Crippen molar-refractivity contribution in [2.75, 3.05) is 0 Å². The van der Waals surface area contributed by atoms with Gasteiger partial charge in [0.05, 0.1) is 0 Å². The molecule has 0 heterocycles. The Labute approximate surface area is 89.9 Å². The lowest BCUT2D eigenvalue weighted by Crippen LogP contribution is -2.06. The Morgan fingerprint density at radius 3 is 2.00 bits per heavy atom. The Bertz CT molecular complexity index is 319.